The van der Waals surface area contributed by atoms with Crippen molar-refractivity contribution in [3.05, 3.63) is 34.9 Å². The number of hydrogen-bond donors (Lipinski definition) is 2. The Hall–Kier alpha value is -1.35. The van der Waals surface area contributed by atoms with E-state index >= 15 is 0 Å². The lowest BCUT2D eigenvalue weighted by Gasteiger charge is -2.32. The number of hydrogen-bond acceptors (Lipinski definition) is 2. The number of carbonyl (C=O) groups is 1. The van der Waals surface area contributed by atoms with Crippen LogP contribution in [0, 0.1) is 31.6 Å². The van der Waals surface area contributed by atoms with Crippen molar-refractivity contribution >= 4 is 5.97 Å². The highest BCUT2D eigenvalue weighted by Gasteiger charge is 2.51. The van der Waals surface area contributed by atoms with E-state index in [0.717, 1.165) is 12.8 Å². The number of aryl methyl sites for hydroxylation is 2. The van der Waals surface area contributed by atoms with Gasteiger partial charge in [-0.15, -0.1) is 0 Å². The molecule has 5 unspecified atom stereocenters. The molecule has 0 aliphatic heterocycles. The molecule has 2 aliphatic rings. The van der Waals surface area contributed by atoms with E-state index in [4.69, 9.17) is 0 Å². The first kappa shape index (κ1) is 14.6. The largest absolute Gasteiger partial charge is 0.481 e. The molecule has 0 spiro atoms. The standard InChI is InChI=1S/C18H25NO2/c1-10-6-11(2)8-15(7-10)12(3)19-17-14-5-4-13(9-14)16(17)18(20)21/h6-8,12-14,16-17,19H,4-5,9H2,1-3H3,(H,20,21). The molecular weight excluding hydrogens is 262 g/mol. The molecule has 0 radical (unpaired) electrons. The van der Waals surface area contributed by atoms with Crippen LogP contribution in [0.1, 0.15) is 48.9 Å². The van der Waals surface area contributed by atoms with Gasteiger partial charge in [0.2, 0.25) is 0 Å². The van der Waals surface area contributed by atoms with E-state index in [9.17, 15) is 9.90 Å². The number of nitrogens with one attached hydrogen (secondary N) is 1. The van der Waals surface area contributed by atoms with Crippen LogP contribution in [0.2, 0.25) is 0 Å². The average Bonchev–Trinajstić information content (AvgIpc) is 2.97. The molecule has 2 bridgehead atoms. The monoisotopic (exact) mass is 287 g/mol. The minimum absolute atomic E-state index is 0.136. The summed E-state index contributed by atoms with van der Waals surface area (Å²) < 4.78 is 0. The molecule has 2 aliphatic carbocycles. The minimum Gasteiger partial charge on any atom is -0.481 e. The third-order valence-corrected chi connectivity index (χ3v) is 5.39. The van der Waals surface area contributed by atoms with Gasteiger partial charge >= 0.3 is 5.97 Å². The molecule has 114 valence electrons. The Morgan fingerprint density at radius 3 is 2.43 bits per heavy atom. The molecule has 5 atom stereocenters. The van der Waals surface area contributed by atoms with Crippen molar-refractivity contribution in [3.63, 3.8) is 0 Å². The Labute approximate surface area is 126 Å². The smallest absolute Gasteiger partial charge is 0.308 e. The Morgan fingerprint density at radius 2 is 1.81 bits per heavy atom. The normalized spacial score (nSPS) is 32.3. The van der Waals surface area contributed by atoms with Crippen molar-refractivity contribution in [2.24, 2.45) is 17.8 Å². The lowest BCUT2D eigenvalue weighted by molar-refractivity contribution is -0.144. The van der Waals surface area contributed by atoms with Gasteiger partial charge in [-0.3, -0.25) is 4.79 Å². The molecule has 0 amide bonds. The van der Waals surface area contributed by atoms with Crippen molar-refractivity contribution in [3.8, 4) is 0 Å². The molecule has 2 N–H and O–H groups in total. The van der Waals surface area contributed by atoms with Gasteiger partial charge in [-0.25, -0.2) is 0 Å². The fraction of sp³-hybridized carbons (Fsp3) is 0.611. The zero-order valence-corrected chi connectivity index (χ0v) is 13.1. The van der Waals surface area contributed by atoms with Gasteiger partial charge in [0.1, 0.15) is 0 Å². The number of aliphatic carboxylic acids is 1. The van der Waals surface area contributed by atoms with E-state index in [1.807, 2.05) is 0 Å². The van der Waals surface area contributed by atoms with Gasteiger partial charge in [0.15, 0.2) is 0 Å². The fourth-order valence-electron chi connectivity index (χ4n) is 4.53. The van der Waals surface area contributed by atoms with Crippen LogP contribution in [0.25, 0.3) is 0 Å². The van der Waals surface area contributed by atoms with E-state index in [1.54, 1.807) is 0 Å². The lowest BCUT2D eigenvalue weighted by atomic mass is 9.84. The van der Waals surface area contributed by atoms with Crippen LogP contribution in [0.3, 0.4) is 0 Å². The molecule has 1 aromatic carbocycles. The third-order valence-electron chi connectivity index (χ3n) is 5.39. The van der Waals surface area contributed by atoms with Crippen molar-refractivity contribution in [1.82, 2.24) is 5.32 Å². The molecule has 0 heterocycles. The number of rotatable bonds is 4. The van der Waals surface area contributed by atoms with Gasteiger partial charge in [0.25, 0.3) is 0 Å². The zero-order chi connectivity index (χ0) is 15.1. The second-order valence-electron chi connectivity index (χ2n) is 7.03. The number of benzene rings is 1. The SMILES string of the molecule is Cc1cc(C)cc(C(C)NC2C3CCC(C3)C2C(=O)O)c1. The minimum atomic E-state index is -0.618. The molecule has 2 saturated carbocycles. The van der Waals surface area contributed by atoms with Crippen LogP contribution in [0.4, 0.5) is 0 Å². The molecular formula is C18H25NO2. The molecule has 1 aromatic rings. The highest BCUT2D eigenvalue weighted by atomic mass is 16.4. The van der Waals surface area contributed by atoms with Gasteiger partial charge in [-0.2, -0.15) is 0 Å². The van der Waals surface area contributed by atoms with Crippen LogP contribution in [-0.2, 0) is 4.79 Å². The van der Waals surface area contributed by atoms with Crippen LogP contribution in [0.5, 0.6) is 0 Å². The zero-order valence-electron chi connectivity index (χ0n) is 13.1. The Morgan fingerprint density at radius 1 is 1.19 bits per heavy atom. The summed E-state index contributed by atoms with van der Waals surface area (Å²) in [5, 5.41) is 13.2. The third kappa shape index (κ3) is 2.71. The van der Waals surface area contributed by atoms with E-state index in [0.29, 0.717) is 11.8 Å². The average molecular weight is 287 g/mol. The first-order valence-electron chi connectivity index (χ1n) is 8.02. The maximum Gasteiger partial charge on any atom is 0.308 e. The predicted molar refractivity (Wildman–Crippen MR) is 83.2 cm³/mol. The Balaban J connectivity index is 1.77. The molecule has 3 heteroatoms. The van der Waals surface area contributed by atoms with Crippen molar-refractivity contribution < 1.29 is 9.90 Å². The number of fused-ring (bicyclic) bond motifs is 2. The summed E-state index contributed by atoms with van der Waals surface area (Å²) in [6, 6.07) is 6.92. The second-order valence-corrected chi connectivity index (χ2v) is 7.03. The van der Waals surface area contributed by atoms with Crippen LogP contribution in [0.15, 0.2) is 18.2 Å². The summed E-state index contributed by atoms with van der Waals surface area (Å²) in [7, 11) is 0. The maximum atomic E-state index is 11.6. The quantitative estimate of drug-likeness (QED) is 0.891. The van der Waals surface area contributed by atoms with Crippen LogP contribution >= 0.6 is 0 Å². The first-order chi connectivity index (χ1) is 9.95. The summed E-state index contributed by atoms with van der Waals surface area (Å²) in [5.41, 5.74) is 3.79. The van der Waals surface area contributed by atoms with Gasteiger partial charge in [-0.05, 0) is 57.4 Å². The molecule has 0 saturated heterocycles. The molecule has 2 fully saturated rings. The first-order valence-corrected chi connectivity index (χ1v) is 8.02. The summed E-state index contributed by atoms with van der Waals surface area (Å²) in [5.74, 6) is 0.116. The Bertz CT molecular complexity index is 534. The molecule has 3 nitrogen and oxygen atoms in total. The van der Waals surface area contributed by atoms with E-state index in [2.05, 4.69) is 44.3 Å². The highest BCUT2D eigenvalue weighted by molar-refractivity contribution is 5.72. The van der Waals surface area contributed by atoms with Crippen molar-refractivity contribution in [2.45, 2.75) is 52.1 Å². The summed E-state index contributed by atoms with van der Waals surface area (Å²) in [6.45, 7) is 6.38. The van der Waals surface area contributed by atoms with E-state index in [-0.39, 0.29) is 18.0 Å². The van der Waals surface area contributed by atoms with Gasteiger partial charge < -0.3 is 10.4 Å². The summed E-state index contributed by atoms with van der Waals surface area (Å²) in [6.07, 6.45) is 3.37. The van der Waals surface area contributed by atoms with Gasteiger partial charge in [0.05, 0.1) is 5.92 Å². The summed E-state index contributed by atoms with van der Waals surface area (Å²) >= 11 is 0. The van der Waals surface area contributed by atoms with Crippen molar-refractivity contribution in [1.29, 1.82) is 0 Å². The lowest BCUT2D eigenvalue weighted by Crippen LogP contribution is -2.45. The number of carboxylic acids is 1. The fourth-order valence-corrected chi connectivity index (χ4v) is 4.53. The number of carboxylic acid groups (broad SMARTS) is 1. The van der Waals surface area contributed by atoms with Crippen LogP contribution < -0.4 is 5.32 Å². The molecule has 0 aromatic heterocycles. The molecule has 21 heavy (non-hydrogen) atoms. The topological polar surface area (TPSA) is 49.3 Å². The van der Waals surface area contributed by atoms with Gasteiger partial charge in [-0.1, -0.05) is 29.3 Å². The highest BCUT2D eigenvalue weighted by Crippen LogP contribution is 2.49. The van der Waals surface area contributed by atoms with Crippen molar-refractivity contribution in [2.75, 3.05) is 0 Å². The van der Waals surface area contributed by atoms with E-state index in [1.165, 1.54) is 23.1 Å². The van der Waals surface area contributed by atoms with Gasteiger partial charge in [0, 0.05) is 12.1 Å². The maximum absolute atomic E-state index is 11.6. The Kier molecular flexibility index (Phi) is 3.78. The second kappa shape index (κ2) is 5.45. The van der Waals surface area contributed by atoms with E-state index < -0.39 is 5.97 Å². The van der Waals surface area contributed by atoms with Crippen LogP contribution in [-0.4, -0.2) is 17.1 Å². The summed E-state index contributed by atoms with van der Waals surface area (Å²) in [4.78, 5) is 11.6. The molecule has 3 rings (SSSR count). The predicted octanol–water partition coefficient (Wildman–Crippen LogP) is 3.45.